The Bertz CT molecular complexity index is 780. The Morgan fingerprint density at radius 2 is 2.08 bits per heavy atom. The number of anilines is 1. The van der Waals surface area contributed by atoms with E-state index in [1.165, 1.54) is 0 Å². The number of rotatable bonds is 4. The van der Waals surface area contributed by atoms with Crippen LogP contribution in [0.25, 0.3) is 0 Å². The van der Waals surface area contributed by atoms with Crippen LogP contribution in [-0.4, -0.2) is 30.1 Å². The molecule has 1 aromatic carbocycles. The Morgan fingerprint density at radius 3 is 2.83 bits per heavy atom. The van der Waals surface area contributed by atoms with Gasteiger partial charge in [0.2, 0.25) is 5.91 Å². The lowest BCUT2D eigenvalue weighted by Crippen LogP contribution is -2.39. The molecule has 6 nitrogen and oxygen atoms in total. The van der Waals surface area contributed by atoms with Crippen LogP contribution < -0.4 is 10.2 Å². The molecule has 1 aliphatic heterocycles. The van der Waals surface area contributed by atoms with Gasteiger partial charge < -0.3 is 14.7 Å². The highest BCUT2D eigenvalue weighted by Crippen LogP contribution is 2.27. The quantitative estimate of drug-likeness (QED) is 0.936. The van der Waals surface area contributed by atoms with Gasteiger partial charge in [0.15, 0.2) is 5.76 Å². The third kappa shape index (κ3) is 2.91. The maximum Gasteiger partial charge on any atom is 0.257 e. The second kappa shape index (κ2) is 6.47. The standard InChI is InChI=1S/C18H21N3O3/c1-11(2)17-16(12(3)20-24-17)18(23)19-10-15(22)21-9-8-13-6-4-5-7-14(13)21/h4-7,11H,8-10H2,1-3H3,(H,19,23). The molecular formula is C18H21N3O3. The molecule has 0 bridgehead atoms. The topological polar surface area (TPSA) is 75.4 Å². The molecule has 0 saturated heterocycles. The van der Waals surface area contributed by atoms with Crippen LogP contribution in [0.2, 0.25) is 0 Å². The van der Waals surface area contributed by atoms with E-state index in [1.54, 1.807) is 11.8 Å². The van der Waals surface area contributed by atoms with Crippen molar-refractivity contribution in [3.05, 3.63) is 46.8 Å². The Morgan fingerprint density at radius 1 is 1.33 bits per heavy atom. The Labute approximate surface area is 140 Å². The van der Waals surface area contributed by atoms with Gasteiger partial charge in [-0.05, 0) is 25.0 Å². The summed E-state index contributed by atoms with van der Waals surface area (Å²) in [5.74, 6) is 0.156. The van der Waals surface area contributed by atoms with Crippen molar-refractivity contribution in [2.75, 3.05) is 18.0 Å². The summed E-state index contributed by atoms with van der Waals surface area (Å²) < 4.78 is 5.22. The fraction of sp³-hybridized carbons (Fsp3) is 0.389. The van der Waals surface area contributed by atoms with Gasteiger partial charge in [0.1, 0.15) is 5.56 Å². The molecule has 24 heavy (non-hydrogen) atoms. The molecule has 0 aliphatic carbocycles. The normalized spacial score (nSPS) is 13.2. The first-order valence-electron chi connectivity index (χ1n) is 8.11. The summed E-state index contributed by atoms with van der Waals surface area (Å²) in [4.78, 5) is 26.6. The number of nitrogens with zero attached hydrogens (tertiary/aromatic N) is 2. The van der Waals surface area contributed by atoms with Gasteiger partial charge in [0.25, 0.3) is 5.91 Å². The minimum absolute atomic E-state index is 0.0463. The Balaban J connectivity index is 1.67. The maximum atomic E-state index is 12.5. The number of benzene rings is 1. The van der Waals surface area contributed by atoms with Gasteiger partial charge in [-0.25, -0.2) is 0 Å². The first kappa shape index (κ1) is 16.2. The number of aryl methyl sites for hydroxylation is 1. The largest absolute Gasteiger partial charge is 0.360 e. The summed E-state index contributed by atoms with van der Waals surface area (Å²) in [5.41, 5.74) is 3.06. The molecule has 0 fully saturated rings. The van der Waals surface area contributed by atoms with Gasteiger partial charge >= 0.3 is 0 Å². The van der Waals surface area contributed by atoms with Crippen LogP contribution in [0, 0.1) is 6.92 Å². The third-order valence-corrected chi connectivity index (χ3v) is 4.23. The zero-order valence-corrected chi connectivity index (χ0v) is 14.1. The number of hydrogen-bond acceptors (Lipinski definition) is 4. The van der Waals surface area contributed by atoms with Crippen LogP contribution in [0.5, 0.6) is 0 Å². The van der Waals surface area contributed by atoms with Crippen molar-refractivity contribution in [2.24, 2.45) is 0 Å². The molecule has 6 heteroatoms. The van der Waals surface area contributed by atoms with E-state index < -0.39 is 0 Å². The highest BCUT2D eigenvalue weighted by Gasteiger charge is 2.26. The molecule has 3 rings (SSSR count). The number of carbonyl (C=O) groups excluding carboxylic acids is 2. The van der Waals surface area contributed by atoms with Crippen molar-refractivity contribution in [2.45, 2.75) is 33.1 Å². The van der Waals surface area contributed by atoms with Crippen LogP contribution in [-0.2, 0) is 11.2 Å². The molecule has 0 radical (unpaired) electrons. The molecule has 0 spiro atoms. The second-order valence-corrected chi connectivity index (χ2v) is 6.27. The maximum absolute atomic E-state index is 12.5. The van der Waals surface area contributed by atoms with E-state index in [4.69, 9.17) is 4.52 Å². The van der Waals surface area contributed by atoms with Crippen LogP contribution in [0.3, 0.4) is 0 Å². The van der Waals surface area contributed by atoms with Crippen LogP contribution in [0.15, 0.2) is 28.8 Å². The number of para-hydroxylation sites is 1. The molecule has 126 valence electrons. The first-order chi connectivity index (χ1) is 11.5. The van der Waals surface area contributed by atoms with Crippen molar-refractivity contribution in [1.29, 1.82) is 0 Å². The van der Waals surface area contributed by atoms with E-state index in [0.717, 1.165) is 17.7 Å². The highest BCUT2D eigenvalue weighted by atomic mass is 16.5. The van der Waals surface area contributed by atoms with Gasteiger partial charge in [-0.1, -0.05) is 37.2 Å². The molecule has 1 aromatic heterocycles. The van der Waals surface area contributed by atoms with Crippen molar-refractivity contribution in [3.8, 4) is 0 Å². The number of hydrogen-bond donors (Lipinski definition) is 1. The minimum atomic E-state index is -0.321. The molecule has 2 aromatic rings. The summed E-state index contributed by atoms with van der Waals surface area (Å²) in [5, 5.41) is 6.56. The number of amides is 2. The van der Waals surface area contributed by atoms with Gasteiger partial charge in [0.05, 0.1) is 12.2 Å². The lowest BCUT2D eigenvalue weighted by molar-refractivity contribution is -0.117. The van der Waals surface area contributed by atoms with E-state index in [9.17, 15) is 9.59 Å². The second-order valence-electron chi connectivity index (χ2n) is 6.27. The smallest absolute Gasteiger partial charge is 0.257 e. The van der Waals surface area contributed by atoms with Crippen molar-refractivity contribution >= 4 is 17.5 Å². The number of nitrogens with one attached hydrogen (secondary N) is 1. The minimum Gasteiger partial charge on any atom is -0.360 e. The molecule has 2 heterocycles. The number of fused-ring (bicyclic) bond motifs is 1. The molecule has 2 amide bonds. The van der Waals surface area contributed by atoms with E-state index in [2.05, 4.69) is 10.5 Å². The first-order valence-corrected chi connectivity index (χ1v) is 8.11. The average molecular weight is 327 g/mol. The van der Waals surface area contributed by atoms with Gasteiger partial charge in [-0.15, -0.1) is 0 Å². The monoisotopic (exact) mass is 327 g/mol. The lowest BCUT2D eigenvalue weighted by Gasteiger charge is -2.17. The molecule has 0 unspecified atom stereocenters. The Hall–Kier alpha value is -2.63. The van der Waals surface area contributed by atoms with Crippen LogP contribution >= 0.6 is 0 Å². The predicted octanol–water partition coefficient (Wildman–Crippen LogP) is 2.43. The van der Waals surface area contributed by atoms with E-state index in [-0.39, 0.29) is 24.3 Å². The average Bonchev–Trinajstić information content (AvgIpc) is 3.16. The highest BCUT2D eigenvalue weighted by molar-refractivity contribution is 6.02. The van der Waals surface area contributed by atoms with Crippen LogP contribution in [0.4, 0.5) is 5.69 Å². The van der Waals surface area contributed by atoms with Gasteiger partial charge in [-0.2, -0.15) is 0 Å². The summed E-state index contributed by atoms with van der Waals surface area (Å²) in [6.45, 7) is 6.20. The molecular weight excluding hydrogens is 306 g/mol. The van der Waals surface area contributed by atoms with Gasteiger partial charge in [0, 0.05) is 18.2 Å². The zero-order valence-electron chi connectivity index (χ0n) is 14.1. The van der Waals surface area contributed by atoms with Crippen molar-refractivity contribution in [1.82, 2.24) is 10.5 Å². The summed E-state index contributed by atoms with van der Waals surface area (Å²) in [6, 6.07) is 7.84. The molecule has 1 N–H and O–H groups in total. The van der Waals surface area contributed by atoms with Gasteiger partial charge in [-0.3, -0.25) is 9.59 Å². The predicted molar refractivity (Wildman–Crippen MR) is 90.2 cm³/mol. The summed E-state index contributed by atoms with van der Waals surface area (Å²) >= 11 is 0. The fourth-order valence-electron chi connectivity index (χ4n) is 2.99. The molecule has 1 aliphatic rings. The molecule has 0 atom stereocenters. The fourth-order valence-corrected chi connectivity index (χ4v) is 2.99. The number of aromatic nitrogens is 1. The summed E-state index contributed by atoms with van der Waals surface area (Å²) in [6.07, 6.45) is 0.845. The molecule has 0 saturated carbocycles. The summed E-state index contributed by atoms with van der Waals surface area (Å²) in [7, 11) is 0. The zero-order chi connectivity index (χ0) is 17.3. The van der Waals surface area contributed by atoms with E-state index in [1.807, 2.05) is 38.1 Å². The van der Waals surface area contributed by atoms with Crippen molar-refractivity contribution in [3.63, 3.8) is 0 Å². The van der Waals surface area contributed by atoms with E-state index in [0.29, 0.717) is 23.6 Å². The van der Waals surface area contributed by atoms with Crippen LogP contribution in [0.1, 0.15) is 47.1 Å². The Kier molecular flexibility index (Phi) is 4.38. The lowest BCUT2D eigenvalue weighted by atomic mass is 10.0. The van der Waals surface area contributed by atoms with E-state index >= 15 is 0 Å². The van der Waals surface area contributed by atoms with Crippen molar-refractivity contribution < 1.29 is 14.1 Å². The third-order valence-electron chi connectivity index (χ3n) is 4.23. The SMILES string of the molecule is Cc1noc(C(C)C)c1C(=O)NCC(=O)N1CCc2ccccc21. The number of carbonyl (C=O) groups is 2.